The van der Waals surface area contributed by atoms with Gasteiger partial charge in [0.2, 0.25) is 5.91 Å². The molecule has 3 N–H and O–H groups in total. The molecule has 29 heavy (non-hydrogen) atoms. The van der Waals surface area contributed by atoms with E-state index in [1.807, 2.05) is 23.1 Å². The number of nitrogens with two attached hydrogens (primary N) is 1. The fourth-order valence-corrected chi connectivity index (χ4v) is 3.58. The zero-order chi connectivity index (χ0) is 19.9. The van der Waals surface area contributed by atoms with Gasteiger partial charge in [-0.25, -0.2) is 0 Å². The van der Waals surface area contributed by atoms with Crippen molar-refractivity contribution in [2.24, 2.45) is 5.73 Å². The number of benzene rings is 2. The summed E-state index contributed by atoms with van der Waals surface area (Å²) in [6.07, 6.45) is 1.87. The lowest BCUT2D eigenvalue weighted by Crippen LogP contribution is -2.30. The van der Waals surface area contributed by atoms with Crippen molar-refractivity contribution in [1.82, 2.24) is 4.90 Å². The third-order valence-corrected chi connectivity index (χ3v) is 5.12. The van der Waals surface area contributed by atoms with Crippen LogP contribution in [0.5, 0.6) is 0 Å². The molecule has 1 heterocycles. The number of nitrogens with zero attached hydrogens (tertiary/aromatic N) is 1. The Labute approximate surface area is 177 Å². The molecule has 0 spiro atoms. The Morgan fingerprint density at radius 2 is 1.86 bits per heavy atom. The topological polar surface area (TPSA) is 84.7 Å². The molecule has 2 unspecified atom stereocenters. The van der Waals surface area contributed by atoms with Crippen molar-refractivity contribution in [3.63, 3.8) is 0 Å². The molecule has 7 heteroatoms. The van der Waals surface area contributed by atoms with Crippen molar-refractivity contribution in [2.75, 3.05) is 25.5 Å². The van der Waals surface area contributed by atoms with Crippen LogP contribution in [0.3, 0.4) is 0 Å². The summed E-state index contributed by atoms with van der Waals surface area (Å²) in [6, 6.07) is 17.3. The van der Waals surface area contributed by atoms with Gasteiger partial charge >= 0.3 is 0 Å². The number of amides is 2. The first-order valence-electron chi connectivity index (χ1n) is 9.61. The normalized spacial score (nSPS) is 16.8. The van der Waals surface area contributed by atoms with Gasteiger partial charge in [-0.1, -0.05) is 30.3 Å². The second-order valence-corrected chi connectivity index (χ2v) is 6.99. The summed E-state index contributed by atoms with van der Waals surface area (Å²) < 4.78 is 5.13. The minimum atomic E-state index is -0.300. The summed E-state index contributed by atoms with van der Waals surface area (Å²) in [6.45, 7) is 1.05. The summed E-state index contributed by atoms with van der Waals surface area (Å²) in [5.41, 5.74) is 7.99. The molecule has 156 valence electrons. The summed E-state index contributed by atoms with van der Waals surface area (Å²) in [7, 11) is 1.53. The van der Waals surface area contributed by atoms with E-state index in [9.17, 15) is 9.59 Å². The third kappa shape index (κ3) is 5.79. The van der Waals surface area contributed by atoms with Gasteiger partial charge < -0.3 is 20.7 Å². The molecule has 0 radical (unpaired) electrons. The number of likely N-dealkylation sites (tertiary alicyclic amines) is 1. The lowest BCUT2D eigenvalue weighted by molar-refractivity contribution is -0.118. The molecular weight excluding hydrogens is 390 g/mol. The molecule has 0 aromatic heterocycles. The lowest BCUT2D eigenvalue weighted by atomic mass is 10.0. The number of methoxy groups -OCH3 is 1. The molecule has 1 aliphatic heterocycles. The van der Waals surface area contributed by atoms with E-state index in [1.165, 1.54) is 12.7 Å². The second-order valence-electron chi connectivity index (χ2n) is 6.99. The standard InChI is InChI=1S/C22H27N3O3.ClH/c1-28-19(15-23)14-21(26)24-18-11-9-17(10-12-18)22(27)25-13-5-8-20(25)16-6-3-2-4-7-16;/h2-4,6-7,9-12,19-20H,5,8,13-15,23H2,1H3,(H,24,26);1H. The first-order valence-corrected chi connectivity index (χ1v) is 9.61. The van der Waals surface area contributed by atoms with Crippen LogP contribution < -0.4 is 11.1 Å². The van der Waals surface area contributed by atoms with Crippen molar-refractivity contribution < 1.29 is 14.3 Å². The van der Waals surface area contributed by atoms with Crippen molar-refractivity contribution in [3.8, 4) is 0 Å². The maximum Gasteiger partial charge on any atom is 0.254 e. The van der Waals surface area contributed by atoms with Crippen LogP contribution in [0.25, 0.3) is 0 Å². The number of anilines is 1. The molecule has 3 rings (SSSR count). The SMILES string of the molecule is COC(CN)CC(=O)Nc1ccc(C(=O)N2CCCC2c2ccccc2)cc1.Cl. The van der Waals surface area contributed by atoms with E-state index < -0.39 is 0 Å². The predicted molar refractivity (Wildman–Crippen MR) is 116 cm³/mol. The van der Waals surface area contributed by atoms with E-state index in [2.05, 4.69) is 17.4 Å². The molecular formula is C22H28ClN3O3. The van der Waals surface area contributed by atoms with Crippen LogP contribution in [0.1, 0.15) is 41.2 Å². The van der Waals surface area contributed by atoms with Gasteiger partial charge in [-0.3, -0.25) is 9.59 Å². The van der Waals surface area contributed by atoms with Gasteiger partial charge in [0.05, 0.1) is 18.6 Å². The van der Waals surface area contributed by atoms with Crippen LogP contribution in [0.2, 0.25) is 0 Å². The van der Waals surface area contributed by atoms with Crippen LogP contribution in [-0.2, 0) is 9.53 Å². The highest BCUT2D eigenvalue weighted by molar-refractivity contribution is 5.96. The maximum atomic E-state index is 13.0. The molecule has 1 fully saturated rings. The molecule has 2 atom stereocenters. The van der Waals surface area contributed by atoms with Crippen LogP contribution >= 0.6 is 12.4 Å². The molecule has 2 amide bonds. The molecule has 0 saturated carbocycles. The Morgan fingerprint density at radius 1 is 1.17 bits per heavy atom. The predicted octanol–water partition coefficient (Wildman–Crippen LogP) is 3.39. The van der Waals surface area contributed by atoms with Crippen molar-refractivity contribution in [3.05, 3.63) is 65.7 Å². The van der Waals surface area contributed by atoms with Crippen LogP contribution in [0.4, 0.5) is 5.69 Å². The van der Waals surface area contributed by atoms with E-state index in [4.69, 9.17) is 10.5 Å². The number of hydrogen-bond acceptors (Lipinski definition) is 4. The van der Waals surface area contributed by atoms with Gasteiger partial charge in [-0.15, -0.1) is 12.4 Å². The van der Waals surface area contributed by atoms with Crippen molar-refractivity contribution in [2.45, 2.75) is 31.4 Å². The van der Waals surface area contributed by atoms with Crippen LogP contribution in [-0.4, -0.2) is 43.0 Å². The summed E-state index contributed by atoms with van der Waals surface area (Å²) in [4.78, 5) is 27.0. The maximum absolute atomic E-state index is 13.0. The highest BCUT2D eigenvalue weighted by Crippen LogP contribution is 2.33. The average molecular weight is 418 g/mol. The van der Waals surface area contributed by atoms with E-state index in [1.54, 1.807) is 24.3 Å². The Morgan fingerprint density at radius 3 is 2.48 bits per heavy atom. The van der Waals surface area contributed by atoms with Gasteiger partial charge in [0.15, 0.2) is 0 Å². The number of hydrogen-bond donors (Lipinski definition) is 2. The molecule has 2 aromatic rings. The van der Waals surface area contributed by atoms with Gasteiger partial charge in [0.25, 0.3) is 5.91 Å². The van der Waals surface area contributed by atoms with Crippen LogP contribution in [0.15, 0.2) is 54.6 Å². The fourth-order valence-electron chi connectivity index (χ4n) is 3.58. The Bertz CT molecular complexity index is 795. The number of carbonyl (C=O) groups excluding carboxylic acids is 2. The van der Waals surface area contributed by atoms with Gasteiger partial charge in [0, 0.05) is 31.5 Å². The quantitative estimate of drug-likeness (QED) is 0.723. The molecule has 1 saturated heterocycles. The first kappa shape index (κ1) is 22.9. The van der Waals surface area contributed by atoms with E-state index >= 15 is 0 Å². The minimum absolute atomic E-state index is 0. The number of carbonyl (C=O) groups is 2. The summed E-state index contributed by atoms with van der Waals surface area (Å²) in [5, 5.41) is 2.81. The monoisotopic (exact) mass is 417 g/mol. The highest BCUT2D eigenvalue weighted by atomic mass is 35.5. The van der Waals surface area contributed by atoms with Gasteiger partial charge in [0.1, 0.15) is 0 Å². The fraction of sp³-hybridized carbons (Fsp3) is 0.364. The van der Waals surface area contributed by atoms with E-state index in [-0.39, 0.29) is 49.3 Å². The van der Waals surface area contributed by atoms with Gasteiger partial charge in [-0.05, 0) is 42.7 Å². The number of nitrogens with one attached hydrogen (secondary N) is 1. The minimum Gasteiger partial charge on any atom is -0.380 e. The second kappa shape index (κ2) is 11.0. The van der Waals surface area contributed by atoms with Gasteiger partial charge in [-0.2, -0.15) is 0 Å². The summed E-state index contributed by atoms with van der Waals surface area (Å²) in [5.74, 6) is -0.146. The smallest absolute Gasteiger partial charge is 0.254 e. The molecule has 1 aliphatic rings. The number of ether oxygens (including phenoxy) is 1. The highest BCUT2D eigenvalue weighted by Gasteiger charge is 2.30. The molecule has 2 aromatic carbocycles. The Hall–Kier alpha value is -2.41. The van der Waals surface area contributed by atoms with E-state index in [0.717, 1.165) is 19.4 Å². The zero-order valence-corrected chi connectivity index (χ0v) is 17.4. The zero-order valence-electron chi connectivity index (χ0n) is 16.5. The Kier molecular flexibility index (Phi) is 8.64. The van der Waals surface area contributed by atoms with Crippen molar-refractivity contribution in [1.29, 1.82) is 0 Å². The Balaban J connectivity index is 0.00000300. The number of halogens is 1. The molecule has 6 nitrogen and oxygen atoms in total. The number of rotatable bonds is 7. The summed E-state index contributed by atoms with van der Waals surface area (Å²) >= 11 is 0. The molecule has 0 aliphatic carbocycles. The third-order valence-electron chi connectivity index (χ3n) is 5.12. The average Bonchev–Trinajstić information content (AvgIpc) is 3.22. The molecule has 0 bridgehead atoms. The first-order chi connectivity index (χ1) is 13.6. The van der Waals surface area contributed by atoms with E-state index in [0.29, 0.717) is 11.3 Å². The van der Waals surface area contributed by atoms with Crippen LogP contribution in [0, 0.1) is 0 Å². The van der Waals surface area contributed by atoms with Crippen molar-refractivity contribution >= 4 is 29.9 Å². The lowest BCUT2D eigenvalue weighted by Gasteiger charge is -2.25. The largest absolute Gasteiger partial charge is 0.380 e.